The van der Waals surface area contributed by atoms with Gasteiger partial charge in [-0.15, -0.1) is 11.8 Å². The average Bonchev–Trinajstić information content (AvgIpc) is 2.99. The Morgan fingerprint density at radius 3 is 2.71 bits per heavy atom. The smallest absolute Gasteiger partial charge is 0.127 e. The molecule has 0 heterocycles. The largest absolute Gasteiger partial charge is 0.330 e. The maximum absolute atomic E-state index is 13.6. The fourth-order valence-electron chi connectivity index (χ4n) is 1.77. The Morgan fingerprint density at radius 1 is 1.50 bits per heavy atom. The second kappa shape index (κ2) is 3.55. The molecule has 1 aromatic carbocycles. The fraction of sp³-hybridized carbons (Fsp3) is 0.455. The Labute approximate surface area is 87.9 Å². The van der Waals surface area contributed by atoms with Crippen molar-refractivity contribution in [2.45, 2.75) is 23.2 Å². The highest BCUT2D eigenvalue weighted by Gasteiger charge is 2.44. The molecule has 2 rings (SSSR count). The van der Waals surface area contributed by atoms with E-state index in [0.29, 0.717) is 6.54 Å². The first-order valence-corrected chi connectivity index (χ1v) is 5.98. The summed E-state index contributed by atoms with van der Waals surface area (Å²) in [5, 5.41) is 0. The molecule has 0 aliphatic heterocycles. The van der Waals surface area contributed by atoms with Crippen LogP contribution in [0.5, 0.6) is 0 Å². The minimum Gasteiger partial charge on any atom is -0.330 e. The van der Waals surface area contributed by atoms with Gasteiger partial charge in [0.2, 0.25) is 0 Å². The topological polar surface area (TPSA) is 26.0 Å². The van der Waals surface area contributed by atoms with Crippen LogP contribution in [0.1, 0.15) is 18.4 Å². The number of thioether (sulfide) groups is 1. The third-order valence-corrected chi connectivity index (χ3v) is 3.71. The summed E-state index contributed by atoms with van der Waals surface area (Å²) in [7, 11) is 0. The Bertz CT molecular complexity index is 347. The zero-order chi connectivity index (χ0) is 10.2. The van der Waals surface area contributed by atoms with Gasteiger partial charge in [0, 0.05) is 16.9 Å². The molecule has 1 nitrogen and oxygen atoms in total. The molecule has 0 aromatic heterocycles. The van der Waals surface area contributed by atoms with E-state index in [1.807, 2.05) is 18.4 Å². The molecule has 76 valence electrons. The lowest BCUT2D eigenvalue weighted by Gasteiger charge is -2.14. The molecule has 0 saturated heterocycles. The highest BCUT2D eigenvalue weighted by molar-refractivity contribution is 7.98. The molecule has 0 spiro atoms. The van der Waals surface area contributed by atoms with Gasteiger partial charge in [0.15, 0.2) is 0 Å². The number of hydrogen-bond acceptors (Lipinski definition) is 2. The molecule has 14 heavy (non-hydrogen) atoms. The van der Waals surface area contributed by atoms with E-state index in [4.69, 9.17) is 5.73 Å². The monoisotopic (exact) mass is 211 g/mol. The van der Waals surface area contributed by atoms with E-state index in [1.54, 1.807) is 17.8 Å². The molecule has 1 saturated carbocycles. The molecule has 2 N–H and O–H groups in total. The van der Waals surface area contributed by atoms with Gasteiger partial charge in [0.1, 0.15) is 5.82 Å². The zero-order valence-electron chi connectivity index (χ0n) is 8.22. The molecule has 3 heteroatoms. The predicted molar refractivity (Wildman–Crippen MR) is 58.1 cm³/mol. The zero-order valence-corrected chi connectivity index (χ0v) is 9.03. The van der Waals surface area contributed by atoms with Crippen molar-refractivity contribution in [3.8, 4) is 0 Å². The summed E-state index contributed by atoms with van der Waals surface area (Å²) in [4.78, 5) is 1.11. The third kappa shape index (κ3) is 1.55. The first-order valence-electron chi connectivity index (χ1n) is 4.76. The lowest BCUT2D eigenvalue weighted by molar-refractivity contribution is 0.571. The minimum absolute atomic E-state index is 0.0458. The summed E-state index contributed by atoms with van der Waals surface area (Å²) in [5.41, 5.74) is 6.45. The number of hydrogen-bond donors (Lipinski definition) is 1. The van der Waals surface area contributed by atoms with Gasteiger partial charge in [0.25, 0.3) is 0 Å². The number of rotatable bonds is 3. The van der Waals surface area contributed by atoms with Crippen LogP contribution in [0.4, 0.5) is 4.39 Å². The van der Waals surface area contributed by atoms with Crippen molar-refractivity contribution >= 4 is 11.8 Å². The molecule has 1 fully saturated rings. The summed E-state index contributed by atoms with van der Waals surface area (Å²) in [6, 6.07) is 5.31. The normalized spacial score (nSPS) is 18.2. The van der Waals surface area contributed by atoms with Gasteiger partial charge in [-0.2, -0.15) is 0 Å². The number of halogens is 1. The van der Waals surface area contributed by atoms with Gasteiger partial charge in [-0.3, -0.25) is 0 Å². The first-order chi connectivity index (χ1) is 6.72. The molecule has 0 unspecified atom stereocenters. The molecule has 0 atom stereocenters. The minimum atomic E-state index is -0.106. The van der Waals surface area contributed by atoms with Crippen molar-refractivity contribution in [2.75, 3.05) is 12.8 Å². The van der Waals surface area contributed by atoms with Crippen molar-refractivity contribution < 1.29 is 4.39 Å². The number of nitrogens with two attached hydrogens (primary N) is 1. The van der Waals surface area contributed by atoms with Gasteiger partial charge < -0.3 is 5.73 Å². The van der Waals surface area contributed by atoms with Crippen LogP contribution in [-0.2, 0) is 5.41 Å². The standard InChI is InChI=1S/C11H14FNS/c1-14-8-2-3-10(12)9(6-8)11(7-13)4-5-11/h2-3,6H,4-5,7,13H2,1H3. The lowest BCUT2D eigenvalue weighted by atomic mass is 9.96. The molecule has 0 bridgehead atoms. The predicted octanol–water partition coefficient (Wildman–Crippen LogP) is 2.54. The van der Waals surface area contributed by atoms with Crippen molar-refractivity contribution in [1.82, 2.24) is 0 Å². The maximum atomic E-state index is 13.6. The van der Waals surface area contributed by atoms with Crippen molar-refractivity contribution in [3.63, 3.8) is 0 Å². The van der Waals surface area contributed by atoms with E-state index in [1.165, 1.54) is 0 Å². The van der Waals surface area contributed by atoms with Crippen LogP contribution in [0.15, 0.2) is 23.1 Å². The van der Waals surface area contributed by atoms with Gasteiger partial charge in [-0.25, -0.2) is 4.39 Å². The van der Waals surface area contributed by atoms with Crippen LogP contribution in [0, 0.1) is 5.82 Å². The fourth-order valence-corrected chi connectivity index (χ4v) is 2.21. The van der Waals surface area contributed by atoms with E-state index in [0.717, 1.165) is 23.3 Å². The van der Waals surface area contributed by atoms with Gasteiger partial charge in [-0.05, 0) is 42.9 Å². The Kier molecular flexibility index (Phi) is 2.54. The SMILES string of the molecule is CSc1ccc(F)c(C2(CN)CC2)c1. The summed E-state index contributed by atoms with van der Waals surface area (Å²) >= 11 is 1.64. The average molecular weight is 211 g/mol. The van der Waals surface area contributed by atoms with Crippen LogP contribution < -0.4 is 5.73 Å². The van der Waals surface area contributed by atoms with Crippen LogP contribution in [0.2, 0.25) is 0 Å². The summed E-state index contributed by atoms with van der Waals surface area (Å²) in [5.74, 6) is -0.106. The number of benzene rings is 1. The Morgan fingerprint density at radius 2 is 2.21 bits per heavy atom. The molecule has 0 radical (unpaired) electrons. The van der Waals surface area contributed by atoms with Crippen LogP contribution in [0.3, 0.4) is 0 Å². The van der Waals surface area contributed by atoms with Crippen molar-refractivity contribution in [3.05, 3.63) is 29.6 Å². The first kappa shape index (κ1) is 9.99. The molecule has 1 aliphatic rings. The summed E-state index contributed by atoms with van der Waals surface area (Å²) < 4.78 is 13.6. The second-order valence-electron chi connectivity index (χ2n) is 3.83. The van der Waals surface area contributed by atoms with E-state index in [2.05, 4.69) is 0 Å². The Hall–Kier alpha value is -0.540. The molecular weight excluding hydrogens is 197 g/mol. The molecular formula is C11H14FNS. The summed E-state index contributed by atoms with van der Waals surface area (Å²) in [6.45, 7) is 0.557. The van der Waals surface area contributed by atoms with Gasteiger partial charge >= 0.3 is 0 Å². The lowest BCUT2D eigenvalue weighted by Crippen LogP contribution is -2.21. The molecule has 1 aliphatic carbocycles. The quantitative estimate of drug-likeness (QED) is 0.777. The van der Waals surface area contributed by atoms with Crippen molar-refractivity contribution in [2.24, 2.45) is 5.73 Å². The van der Waals surface area contributed by atoms with E-state index in [-0.39, 0.29) is 11.2 Å². The molecule has 1 aromatic rings. The molecule has 0 amide bonds. The Balaban J connectivity index is 2.41. The van der Waals surface area contributed by atoms with Crippen LogP contribution in [-0.4, -0.2) is 12.8 Å². The van der Waals surface area contributed by atoms with Gasteiger partial charge in [0.05, 0.1) is 0 Å². The van der Waals surface area contributed by atoms with Gasteiger partial charge in [-0.1, -0.05) is 0 Å². The van der Waals surface area contributed by atoms with E-state index >= 15 is 0 Å². The second-order valence-corrected chi connectivity index (χ2v) is 4.71. The van der Waals surface area contributed by atoms with E-state index < -0.39 is 0 Å². The highest BCUT2D eigenvalue weighted by atomic mass is 32.2. The van der Waals surface area contributed by atoms with E-state index in [9.17, 15) is 4.39 Å². The van der Waals surface area contributed by atoms with Crippen molar-refractivity contribution in [1.29, 1.82) is 0 Å². The van der Waals surface area contributed by atoms with Crippen LogP contribution >= 0.6 is 11.8 Å². The maximum Gasteiger partial charge on any atom is 0.127 e. The third-order valence-electron chi connectivity index (χ3n) is 2.99. The summed E-state index contributed by atoms with van der Waals surface area (Å²) in [6.07, 6.45) is 4.05. The highest BCUT2D eigenvalue weighted by Crippen LogP contribution is 2.48. The van der Waals surface area contributed by atoms with Crippen LogP contribution in [0.25, 0.3) is 0 Å².